The lowest BCUT2D eigenvalue weighted by atomic mass is 10.0. The van der Waals surface area contributed by atoms with Gasteiger partial charge in [0.05, 0.1) is 0 Å². The van der Waals surface area contributed by atoms with Crippen LogP contribution in [0.3, 0.4) is 0 Å². The molecular formula is C10H11NO4. The van der Waals surface area contributed by atoms with E-state index in [9.17, 15) is 10.0 Å². The Morgan fingerprint density at radius 3 is 2.73 bits per heavy atom. The van der Waals surface area contributed by atoms with Crippen molar-refractivity contribution in [2.75, 3.05) is 6.61 Å². The number of carboxylic acids is 1. The first kappa shape index (κ1) is 11.2. The maximum absolute atomic E-state index is 11.1. The lowest BCUT2D eigenvalue weighted by molar-refractivity contribution is -0.605. The molecule has 0 saturated carbocycles. The molecule has 0 spiro atoms. The van der Waals surface area contributed by atoms with Gasteiger partial charge in [-0.2, -0.15) is 4.73 Å². The normalized spacial score (nSPS) is 9.93. The third-order valence-corrected chi connectivity index (χ3v) is 2.01. The number of carbonyl (C=O) groups is 1. The van der Waals surface area contributed by atoms with Crippen LogP contribution in [0.5, 0.6) is 0 Å². The Labute approximate surface area is 86.5 Å². The smallest absolute Gasteiger partial charge is 0.342 e. The molecule has 1 heterocycles. The first-order valence-corrected chi connectivity index (χ1v) is 4.32. The number of pyridine rings is 1. The number of rotatable bonds is 4. The average molecular weight is 209 g/mol. The van der Waals surface area contributed by atoms with Crippen LogP contribution in [-0.2, 0) is 6.42 Å². The minimum atomic E-state index is -1.19. The Balaban J connectivity index is 3.39. The number of aromatic carboxylic acids is 1. The van der Waals surface area contributed by atoms with E-state index in [1.165, 1.54) is 12.3 Å². The summed E-state index contributed by atoms with van der Waals surface area (Å²) in [4.78, 5) is 10.8. The Bertz CT molecular complexity index is 401. The van der Waals surface area contributed by atoms with Crippen LogP contribution in [-0.4, -0.2) is 22.8 Å². The van der Waals surface area contributed by atoms with E-state index >= 15 is 0 Å². The summed E-state index contributed by atoms with van der Waals surface area (Å²) in [5.41, 5.74) is 0.752. The van der Waals surface area contributed by atoms with Gasteiger partial charge < -0.3 is 15.4 Å². The number of carboxylic acid groups (broad SMARTS) is 1. The highest BCUT2D eigenvalue weighted by Crippen LogP contribution is 2.14. The molecule has 0 radical (unpaired) electrons. The number of aliphatic hydroxyl groups is 1. The third kappa shape index (κ3) is 2.32. The van der Waals surface area contributed by atoms with Crippen LogP contribution in [0, 0.1) is 5.21 Å². The van der Waals surface area contributed by atoms with Gasteiger partial charge in [0.15, 0.2) is 12.4 Å². The van der Waals surface area contributed by atoms with Crippen molar-refractivity contribution in [3.8, 4) is 0 Å². The lowest BCUT2D eigenvalue weighted by Gasteiger charge is -2.08. The summed E-state index contributed by atoms with van der Waals surface area (Å²) in [6.07, 6.45) is 3.78. The van der Waals surface area contributed by atoms with Gasteiger partial charge in [0.2, 0.25) is 0 Å². The second-order valence-electron chi connectivity index (χ2n) is 2.95. The molecule has 0 unspecified atom stereocenters. The molecule has 5 heteroatoms. The maximum atomic E-state index is 11.1. The molecule has 1 aromatic rings. The second-order valence-corrected chi connectivity index (χ2v) is 2.95. The average Bonchev–Trinajstić information content (AvgIpc) is 2.19. The predicted molar refractivity (Wildman–Crippen MR) is 53.2 cm³/mol. The van der Waals surface area contributed by atoms with Crippen molar-refractivity contribution in [3.05, 3.63) is 40.9 Å². The Morgan fingerprint density at radius 1 is 1.60 bits per heavy atom. The molecule has 1 aromatic heterocycles. The van der Waals surface area contributed by atoms with Gasteiger partial charge in [-0.05, 0) is 12.0 Å². The number of hydrogen-bond acceptors (Lipinski definition) is 3. The Morgan fingerprint density at radius 2 is 2.27 bits per heavy atom. The van der Waals surface area contributed by atoms with Crippen molar-refractivity contribution >= 4 is 12.0 Å². The second kappa shape index (κ2) is 4.56. The molecule has 0 aliphatic heterocycles. The van der Waals surface area contributed by atoms with Crippen molar-refractivity contribution in [2.24, 2.45) is 0 Å². The van der Waals surface area contributed by atoms with Gasteiger partial charge in [-0.3, -0.25) is 0 Å². The van der Waals surface area contributed by atoms with Gasteiger partial charge in [0.1, 0.15) is 5.56 Å². The van der Waals surface area contributed by atoms with Crippen LogP contribution in [0.2, 0.25) is 0 Å². The number of aliphatic hydroxyl groups excluding tert-OH is 1. The molecule has 80 valence electrons. The van der Waals surface area contributed by atoms with Crippen LogP contribution in [0.4, 0.5) is 0 Å². The monoisotopic (exact) mass is 209 g/mol. The summed E-state index contributed by atoms with van der Waals surface area (Å²) >= 11 is 0. The van der Waals surface area contributed by atoms with Crippen LogP contribution in [0.1, 0.15) is 21.5 Å². The van der Waals surface area contributed by atoms with Gasteiger partial charge >= 0.3 is 5.97 Å². The summed E-state index contributed by atoms with van der Waals surface area (Å²) in [6, 6.07) is 0. The molecule has 5 nitrogen and oxygen atoms in total. The van der Waals surface area contributed by atoms with Gasteiger partial charge in [0, 0.05) is 12.2 Å². The molecular weight excluding hydrogens is 198 g/mol. The van der Waals surface area contributed by atoms with Crippen molar-refractivity contribution < 1.29 is 19.7 Å². The van der Waals surface area contributed by atoms with Crippen molar-refractivity contribution in [1.29, 1.82) is 0 Å². The zero-order chi connectivity index (χ0) is 11.4. The van der Waals surface area contributed by atoms with Gasteiger partial charge in [-0.25, -0.2) is 4.79 Å². The highest BCUT2D eigenvalue weighted by atomic mass is 16.5. The Hall–Kier alpha value is -1.88. The van der Waals surface area contributed by atoms with Gasteiger partial charge in [-0.1, -0.05) is 12.7 Å². The Kier molecular flexibility index (Phi) is 3.41. The third-order valence-electron chi connectivity index (χ3n) is 2.01. The van der Waals surface area contributed by atoms with Crippen LogP contribution in [0.25, 0.3) is 6.08 Å². The van der Waals surface area contributed by atoms with E-state index in [1.807, 2.05) is 0 Å². The van der Waals surface area contributed by atoms with Crippen LogP contribution in [0.15, 0.2) is 19.0 Å². The number of nitrogens with zero attached hydrogens (tertiary/aromatic N) is 1. The van der Waals surface area contributed by atoms with Crippen molar-refractivity contribution in [1.82, 2.24) is 0 Å². The van der Waals surface area contributed by atoms with E-state index in [4.69, 9.17) is 10.2 Å². The van der Waals surface area contributed by atoms with E-state index in [1.54, 1.807) is 0 Å². The lowest BCUT2D eigenvalue weighted by Crippen LogP contribution is -2.28. The molecule has 0 aromatic carbocycles. The first-order chi connectivity index (χ1) is 7.10. The summed E-state index contributed by atoms with van der Waals surface area (Å²) < 4.78 is 0.418. The highest BCUT2D eigenvalue weighted by molar-refractivity contribution is 5.89. The fourth-order valence-corrected chi connectivity index (χ4v) is 1.36. The predicted octanol–water partition coefficient (Wildman–Crippen LogP) is 0.196. The fourth-order valence-electron chi connectivity index (χ4n) is 1.36. The molecule has 0 atom stereocenters. The molecule has 1 rings (SSSR count). The molecule has 0 bridgehead atoms. The minimum Gasteiger partial charge on any atom is -0.619 e. The maximum Gasteiger partial charge on any atom is 0.342 e. The minimum absolute atomic E-state index is 0.101. The number of hydrogen-bond donors (Lipinski definition) is 2. The number of aromatic nitrogens is 1. The van der Waals surface area contributed by atoms with E-state index in [0.717, 1.165) is 6.20 Å². The molecule has 2 N–H and O–H groups in total. The molecule has 0 saturated heterocycles. The standard InChI is InChI=1S/C10H11NO4/c1-2-7-5-11(15)6-9(10(13)14)8(7)3-4-12/h2,5-6,12H,1,3-4H2,(H,13,14). The van der Waals surface area contributed by atoms with E-state index in [-0.39, 0.29) is 18.6 Å². The zero-order valence-electron chi connectivity index (χ0n) is 8.01. The largest absolute Gasteiger partial charge is 0.619 e. The van der Waals surface area contributed by atoms with Crippen molar-refractivity contribution in [3.63, 3.8) is 0 Å². The first-order valence-electron chi connectivity index (χ1n) is 4.32. The van der Waals surface area contributed by atoms with E-state index in [2.05, 4.69) is 6.58 Å². The molecule has 0 aliphatic rings. The molecule has 0 amide bonds. The van der Waals surface area contributed by atoms with Gasteiger partial charge in [0.25, 0.3) is 0 Å². The van der Waals surface area contributed by atoms with E-state index in [0.29, 0.717) is 15.9 Å². The summed E-state index contributed by atoms with van der Waals surface area (Å²) in [6.45, 7) is 3.31. The van der Waals surface area contributed by atoms with Gasteiger partial charge in [-0.15, -0.1) is 0 Å². The SMILES string of the molecule is C=Cc1c[n+]([O-])cc(C(=O)O)c1CCO. The van der Waals surface area contributed by atoms with Crippen molar-refractivity contribution in [2.45, 2.75) is 6.42 Å². The summed E-state index contributed by atoms with van der Waals surface area (Å²) in [7, 11) is 0. The molecule has 0 fully saturated rings. The molecule has 0 aliphatic carbocycles. The summed E-state index contributed by atoms with van der Waals surface area (Å²) in [5, 5.41) is 28.7. The van der Waals surface area contributed by atoms with E-state index < -0.39 is 5.97 Å². The van der Waals surface area contributed by atoms with Crippen LogP contribution >= 0.6 is 0 Å². The fraction of sp³-hybridized carbons (Fsp3) is 0.200. The zero-order valence-corrected chi connectivity index (χ0v) is 8.01. The quantitative estimate of drug-likeness (QED) is 0.547. The summed E-state index contributed by atoms with van der Waals surface area (Å²) in [5.74, 6) is -1.19. The highest BCUT2D eigenvalue weighted by Gasteiger charge is 2.17. The topological polar surface area (TPSA) is 84.5 Å². The van der Waals surface area contributed by atoms with Crippen LogP contribution < -0.4 is 4.73 Å². The molecule has 15 heavy (non-hydrogen) atoms.